The number of nitrogens with one attached hydrogen (secondary N) is 1. The van der Waals surface area contributed by atoms with Crippen molar-refractivity contribution in [1.29, 1.82) is 0 Å². The highest BCUT2D eigenvalue weighted by molar-refractivity contribution is 7.99. The van der Waals surface area contributed by atoms with Gasteiger partial charge in [-0.25, -0.2) is 14.2 Å². The van der Waals surface area contributed by atoms with Crippen molar-refractivity contribution in [1.82, 2.24) is 18.7 Å². The predicted octanol–water partition coefficient (Wildman–Crippen LogP) is 2.12. The smallest absolute Gasteiger partial charge is 0.332 e. The standard InChI is InChI=1S/C24H22FN5O5S/c1-28-21-20(22(32)29(2)24(28)33)30(12-14-3-5-15(25)6-4-14)23(27-21)36-13-19(31)26-16-7-8-17-18(11-16)35-10-9-34-17/h3-8,11H,9-10,12-13H2,1-2H3,(H,26,31). The number of fused-ring (bicyclic) bond motifs is 2. The fourth-order valence-corrected chi connectivity index (χ4v) is 4.70. The lowest BCUT2D eigenvalue weighted by Gasteiger charge is -2.19. The number of aryl methyl sites for hydroxylation is 1. The summed E-state index contributed by atoms with van der Waals surface area (Å²) in [6.07, 6.45) is 0. The number of hydrogen-bond acceptors (Lipinski definition) is 7. The van der Waals surface area contributed by atoms with Gasteiger partial charge in [-0.1, -0.05) is 23.9 Å². The van der Waals surface area contributed by atoms with Gasteiger partial charge in [0.2, 0.25) is 5.91 Å². The number of amides is 1. The molecule has 186 valence electrons. The minimum Gasteiger partial charge on any atom is -0.486 e. The maximum absolute atomic E-state index is 13.4. The molecular weight excluding hydrogens is 489 g/mol. The number of nitrogens with zero attached hydrogens (tertiary/aromatic N) is 4. The Morgan fingerprint density at radius 2 is 1.78 bits per heavy atom. The maximum Gasteiger partial charge on any atom is 0.332 e. The van der Waals surface area contributed by atoms with E-state index in [1.54, 1.807) is 34.9 Å². The number of anilines is 1. The van der Waals surface area contributed by atoms with Gasteiger partial charge in [0.15, 0.2) is 27.8 Å². The molecule has 3 heterocycles. The molecule has 1 aliphatic rings. The van der Waals surface area contributed by atoms with E-state index in [2.05, 4.69) is 10.3 Å². The van der Waals surface area contributed by atoms with Crippen molar-refractivity contribution in [2.75, 3.05) is 24.3 Å². The van der Waals surface area contributed by atoms with Crippen molar-refractivity contribution < 1.29 is 18.7 Å². The Morgan fingerprint density at radius 1 is 1.06 bits per heavy atom. The number of carbonyl (C=O) groups excluding carboxylic acids is 1. The van der Waals surface area contributed by atoms with Crippen LogP contribution in [0.2, 0.25) is 0 Å². The molecule has 2 aromatic carbocycles. The number of aromatic nitrogens is 4. The molecule has 0 bridgehead atoms. The second-order valence-corrected chi connectivity index (χ2v) is 9.12. The van der Waals surface area contributed by atoms with Crippen LogP contribution in [0.1, 0.15) is 5.56 Å². The third-order valence-electron chi connectivity index (χ3n) is 5.73. The molecule has 0 radical (unpaired) electrons. The topological polar surface area (TPSA) is 109 Å². The van der Waals surface area contributed by atoms with Crippen LogP contribution in [0.25, 0.3) is 11.2 Å². The fourth-order valence-electron chi connectivity index (χ4n) is 3.90. The zero-order valence-electron chi connectivity index (χ0n) is 19.5. The molecule has 0 spiro atoms. The van der Waals surface area contributed by atoms with Crippen LogP contribution in [0.15, 0.2) is 57.2 Å². The Labute approximate surface area is 208 Å². The Morgan fingerprint density at radius 3 is 2.53 bits per heavy atom. The van der Waals surface area contributed by atoms with Crippen LogP contribution in [0.3, 0.4) is 0 Å². The Hall–Kier alpha value is -4.06. The van der Waals surface area contributed by atoms with Crippen molar-refractivity contribution in [3.05, 3.63) is 74.7 Å². The van der Waals surface area contributed by atoms with Gasteiger partial charge in [-0.15, -0.1) is 0 Å². The average Bonchev–Trinajstić information content (AvgIpc) is 3.24. The summed E-state index contributed by atoms with van der Waals surface area (Å²) >= 11 is 1.13. The van der Waals surface area contributed by atoms with Gasteiger partial charge in [-0.05, 0) is 29.8 Å². The molecule has 0 saturated heterocycles. The summed E-state index contributed by atoms with van der Waals surface area (Å²) in [5, 5.41) is 3.20. The van der Waals surface area contributed by atoms with E-state index in [0.29, 0.717) is 35.6 Å². The van der Waals surface area contributed by atoms with E-state index in [0.717, 1.165) is 21.9 Å². The van der Waals surface area contributed by atoms with Crippen molar-refractivity contribution in [2.24, 2.45) is 14.1 Å². The van der Waals surface area contributed by atoms with E-state index < -0.39 is 11.2 Å². The van der Waals surface area contributed by atoms with E-state index in [9.17, 15) is 18.8 Å². The van der Waals surface area contributed by atoms with E-state index in [1.807, 2.05) is 0 Å². The van der Waals surface area contributed by atoms with E-state index in [1.165, 1.54) is 30.8 Å². The molecule has 0 atom stereocenters. The van der Waals surface area contributed by atoms with Crippen LogP contribution in [0, 0.1) is 5.82 Å². The number of imidazole rings is 1. The SMILES string of the molecule is Cn1c(=O)c2c(nc(SCC(=O)Nc3ccc4c(c3)OCCO4)n2Cc2ccc(F)cc2)n(C)c1=O. The minimum atomic E-state index is -0.508. The van der Waals surface area contributed by atoms with Gasteiger partial charge in [-0.3, -0.25) is 18.7 Å². The Balaban J connectivity index is 1.43. The Kier molecular flexibility index (Phi) is 6.27. The number of halogens is 1. The molecule has 36 heavy (non-hydrogen) atoms. The normalized spacial score (nSPS) is 12.6. The minimum absolute atomic E-state index is 0.00452. The number of hydrogen-bond donors (Lipinski definition) is 1. The molecule has 1 aliphatic heterocycles. The number of thioether (sulfide) groups is 1. The molecule has 0 aliphatic carbocycles. The van der Waals surface area contributed by atoms with Gasteiger partial charge < -0.3 is 19.4 Å². The number of benzene rings is 2. The molecular formula is C24H22FN5O5S. The third-order valence-corrected chi connectivity index (χ3v) is 6.70. The quantitative estimate of drug-likeness (QED) is 0.395. The van der Waals surface area contributed by atoms with E-state index in [-0.39, 0.29) is 35.2 Å². The second kappa shape index (κ2) is 9.53. The molecule has 10 nitrogen and oxygen atoms in total. The van der Waals surface area contributed by atoms with Crippen molar-refractivity contribution in [3.8, 4) is 11.5 Å². The predicted molar refractivity (Wildman–Crippen MR) is 133 cm³/mol. The maximum atomic E-state index is 13.4. The van der Waals surface area contributed by atoms with Crippen molar-refractivity contribution in [3.63, 3.8) is 0 Å². The first kappa shape index (κ1) is 23.7. The van der Waals surface area contributed by atoms with Gasteiger partial charge in [0.25, 0.3) is 5.56 Å². The molecule has 0 unspecified atom stereocenters. The first-order chi connectivity index (χ1) is 17.3. The first-order valence-electron chi connectivity index (χ1n) is 11.0. The van der Waals surface area contributed by atoms with Crippen LogP contribution in [0.5, 0.6) is 11.5 Å². The van der Waals surface area contributed by atoms with Gasteiger partial charge in [0, 0.05) is 25.8 Å². The van der Waals surface area contributed by atoms with Crippen molar-refractivity contribution in [2.45, 2.75) is 11.7 Å². The monoisotopic (exact) mass is 511 g/mol. The van der Waals surface area contributed by atoms with Crippen molar-refractivity contribution >= 4 is 34.5 Å². The van der Waals surface area contributed by atoms with Gasteiger partial charge in [0.05, 0.1) is 12.3 Å². The van der Waals surface area contributed by atoms with Crippen LogP contribution in [-0.4, -0.2) is 43.6 Å². The molecule has 5 rings (SSSR count). The summed E-state index contributed by atoms with van der Waals surface area (Å²) in [6, 6.07) is 11.0. The number of ether oxygens (including phenoxy) is 2. The van der Waals surface area contributed by atoms with Crippen LogP contribution < -0.4 is 26.0 Å². The summed E-state index contributed by atoms with van der Waals surface area (Å²) < 4.78 is 28.4. The summed E-state index contributed by atoms with van der Waals surface area (Å²) in [4.78, 5) is 42.7. The first-order valence-corrected chi connectivity index (χ1v) is 12.0. The number of carbonyl (C=O) groups is 1. The molecule has 1 N–H and O–H groups in total. The lowest BCUT2D eigenvalue weighted by atomic mass is 10.2. The van der Waals surface area contributed by atoms with Crippen LogP contribution in [0.4, 0.5) is 10.1 Å². The third kappa shape index (κ3) is 4.47. The van der Waals surface area contributed by atoms with Gasteiger partial charge in [0.1, 0.15) is 19.0 Å². The highest BCUT2D eigenvalue weighted by Crippen LogP contribution is 2.32. The largest absolute Gasteiger partial charge is 0.486 e. The molecule has 0 saturated carbocycles. The summed E-state index contributed by atoms with van der Waals surface area (Å²) in [5.74, 6) is 0.506. The zero-order chi connectivity index (χ0) is 25.4. The molecule has 1 amide bonds. The zero-order valence-corrected chi connectivity index (χ0v) is 20.3. The average molecular weight is 512 g/mol. The lowest BCUT2D eigenvalue weighted by molar-refractivity contribution is -0.113. The molecule has 12 heteroatoms. The highest BCUT2D eigenvalue weighted by atomic mass is 32.2. The lowest BCUT2D eigenvalue weighted by Crippen LogP contribution is -2.37. The molecule has 2 aromatic heterocycles. The second-order valence-electron chi connectivity index (χ2n) is 8.18. The van der Waals surface area contributed by atoms with E-state index in [4.69, 9.17) is 9.47 Å². The summed E-state index contributed by atoms with van der Waals surface area (Å²) in [5.41, 5.74) is 0.705. The van der Waals surface area contributed by atoms with Gasteiger partial charge >= 0.3 is 5.69 Å². The summed E-state index contributed by atoms with van der Waals surface area (Å²) in [6.45, 7) is 1.12. The van der Waals surface area contributed by atoms with Gasteiger partial charge in [-0.2, -0.15) is 0 Å². The molecule has 0 fully saturated rings. The summed E-state index contributed by atoms with van der Waals surface area (Å²) in [7, 11) is 2.93. The van der Waals surface area contributed by atoms with Crippen LogP contribution in [-0.2, 0) is 25.4 Å². The Bertz CT molecular complexity index is 1590. The van der Waals surface area contributed by atoms with Crippen LogP contribution >= 0.6 is 11.8 Å². The van der Waals surface area contributed by atoms with E-state index >= 15 is 0 Å². The highest BCUT2D eigenvalue weighted by Gasteiger charge is 2.21. The molecule has 4 aromatic rings. The number of rotatable bonds is 6. The fraction of sp³-hybridized carbons (Fsp3) is 0.250.